The predicted octanol–water partition coefficient (Wildman–Crippen LogP) is 5.97. The first kappa shape index (κ1) is 31.5. The van der Waals surface area contributed by atoms with Crippen molar-refractivity contribution in [3.8, 4) is 11.5 Å². The summed E-state index contributed by atoms with van der Waals surface area (Å²) in [4.78, 5) is 13.3. The second-order valence-corrected chi connectivity index (χ2v) is 11.9. The second-order valence-electron chi connectivity index (χ2n) is 10.2. The molecule has 0 saturated carbocycles. The molecular formula is C36H33NO7S. The van der Waals surface area contributed by atoms with Gasteiger partial charge in [-0.3, -0.25) is 4.79 Å². The second kappa shape index (κ2) is 15.2. The Labute approximate surface area is 262 Å². The van der Waals surface area contributed by atoms with Crippen molar-refractivity contribution in [1.82, 2.24) is 4.72 Å². The minimum Gasteiger partial charge on any atom is -0.485 e. The highest BCUT2D eigenvalue weighted by molar-refractivity contribution is 7.89. The lowest BCUT2D eigenvalue weighted by molar-refractivity contribution is -0.150. The van der Waals surface area contributed by atoms with E-state index >= 15 is 0 Å². The summed E-state index contributed by atoms with van der Waals surface area (Å²) in [5, 5.41) is 11.5. The van der Waals surface area contributed by atoms with Gasteiger partial charge in [-0.05, 0) is 46.5 Å². The lowest BCUT2D eigenvalue weighted by atomic mass is 10.0. The molecule has 0 aliphatic rings. The number of ether oxygens (including phenoxy) is 3. The Hall–Kier alpha value is -4.96. The van der Waals surface area contributed by atoms with E-state index in [-0.39, 0.29) is 30.3 Å². The summed E-state index contributed by atoms with van der Waals surface area (Å²) in [6.07, 6.45) is -1.63. The van der Waals surface area contributed by atoms with Gasteiger partial charge in [-0.1, -0.05) is 115 Å². The summed E-state index contributed by atoms with van der Waals surface area (Å²) >= 11 is 0. The predicted molar refractivity (Wildman–Crippen MR) is 170 cm³/mol. The lowest BCUT2D eigenvalue weighted by Gasteiger charge is -2.24. The number of benzene rings is 5. The Kier molecular flexibility index (Phi) is 10.6. The van der Waals surface area contributed by atoms with Gasteiger partial charge in [-0.2, -0.15) is 4.72 Å². The largest absolute Gasteiger partial charge is 0.485 e. The van der Waals surface area contributed by atoms with E-state index in [1.165, 1.54) is 12.1 Å². The van der Waals surface area contributed by atoms with Crippen LogP contribution in [0.3, 0.4) is 0 Å². The van der Waals surface area contributed by atoms with Crippen LogP contribution in [0.5, 0.6) is 11.5 Å². The highest BCUT2D eigenvalue weighted by atomic mass is 32.2. The summed E-state index contributed by atoms with van der Waals surface area (Å²) in [5.41, 5.74) is 2.80. The van der Waals surface area contributed by atoms with Gasteiger partial charge in [-0.15, -0.1) is 0 Å². The summed E-state index contributed by atoms with van der Waals surface area (Å²) in [5.74, 6) is -0.213. The van der Waals surface area contributed by atoms with Gasteiger partial charge >= 0.3 is 5.97 Å². The number of aliphatic hydroxyl groups excluding tert-OH is 1. The molecule has 0 radical (unpaired) electrons. The third-order valence-corrected chi connectivity index (χ3v) is 8.37. The van der Waals surface area contributed by atoms with E-state index in [2.05, 4.69) is 4.72 Å². The van der Waals surface area contributed by atoms with Crippen LogP contribution in [-0.2, 0) is 39.4 Å². The van der Waals surface area contributed by atoms with Crippen LogP contribution in [-0.4, -0.2) is 25.5 Å². The van der Waals surface area contributed by atoms with Crippen molar-refractivity contribution in [1.29, 1.82) is 0 Å². The van der Waals surface area contributed by atoms with Crippen molar-refractivity contribution < 1.29 is 32.5 Å². The molecule has 2 atom stereocenters. The SMILES string of the molecule is O=C(OCc1ccccc1)C(NS(=O)(=O)c1ccccc1)C(O)c1ccc(OCc2ccccc2)c(OCc2ccccc2)c1. The number of aliphatic hydroxyl groups is 1. The van der Waals surface area contributed by atoms with E-state index in [9.17, 15) is 18.3 Å². The van der Waals surface area contributed by atoms with Gasteiger partial charge in [0.1, 0.15) is 32.0 Å². The Balaban J connectivity index is 1.43. The average Bonchev–Trinajstić information content (AvgIpc) is 3.09. The summed E-state index contributed by atoms with van der Waals surface area (Å²) in [7, 11) is -4.21. The first-order chi connectivity index (χ1) is 21.9. The quantitative estimate of drug-likeness (QED) is 0.147. The molecule has 0 aliphatic carbocycles. The molecule has 0 saturated heterocycles. The Morgan fingerprint density at radius 1 is 0.622 bits per heavy atom. The number of esters is 1. The fraction of sp³-hybridized carbons (Fsp3) is 0.139. The number of rotatable bonds is 14. The molecule has 0 bridgehead atoms. The first-order valence-electron chi connectivity index (χ1n) is 14.3. The maximum Gasteiger partial charge on any atom is 0.327 e. The first-order valence-corrected chi connectivity index (χ1v) is 15.8. The summed E-state index contributed by atoms with van der Waals surface area (Å²) in [6, 6.07) is 38.8. The zero-order chi connectivity index (χ0) is 31.5. The molecule has 2 N–H and O–H groups in total. The number of carbonyl (C=O) groups excluding carboxylic acids is 1. The molecule has 0 heterocycles. The fourth-order valence-electron chi connectivity index (χ4n) is 4.50. The smallest absolute Gasteiger partial charge is 0.327 e. The molecule has 0 fully saturated rings. The Bertz CT molecular complexity index is 1770. The van der Waals surface area contributed by atoms with Crippen molar-refractivity contribution >= 4 is 16.0 Å². The molecule has 2 unspecified atom stereocenters. The maximum absolute atomic E-state index is 13.4. The van der Waals surface area contributed by atoms with Crippen LogP contribution in [0.15, 0.2) is 144 Å². The third kappa shape index (κ3) is 8.79. The van der Waals surface area contributed by atoms with E-state index in [0.29, 0.717) is 17.1 Å². The van der Waals surface area contributed by atoms with E-state index in [1.54, 1.807) is 60.7 Å². The molecular weight excluding hydrogens is 590 g/mol. The molecule has 0 spiro atoms. The Morgan fingerprint density at radius 3 is 1.62 bits per heavy atom. The van der Waals surface area contributed by atoms with Crippen molar-refractivity contribution in [2.75, 3.05) is 0 Å². The Morgan fingerprint density at radius 2 is 1.09 bits per heavy atom. The van der Waals surface area contributed by atoms with E-state index < -0.39 is 28.1 Å². The number of nitrogens with one attached hydrogen (secondary N) is 1. The van der Waals surface area contributed by atoms with Crippen LogP contribution >= 0.6 is 0 Å². The van der Waals surface area contributed by atoms with Crippen LogP contribution in [0, 0.1) is 0 Å². The molecule has 0 aliphatic heterocycles. The van der Waals surface area contributed by atoms with Gasteiger partial charge < -0.3 is 19.3 Å². The molecule has 8 nitrogen and oxygen atoms in total. The van der Waals surface area contributed by atoms with E-state index in [1.807, 2.05) is 66.7 Å². The van der Waals surface area contributed by atoms with E-state index in [4.69, 9.17) is 14.2 Å². The number of hydrogen-bond donors (Lipinski definition) is 2. The summed E-state index contributed by atoms with van der Waals surface area (Å²) < 4.78 is 46.6. The molecule has 5 rings (SSSR count). The third-order valence-electron chi connectivity index (χ3n) is 6.91. The average molecular weight is 624 g/mol. The zero-order valence-corrected chi connectivity index (χ0v) is 25.2. The van der Waals surface area contributed by atoms with Gasteiger partial charge in [0, 0.05) is 0 Å². The lowest BCUT2D eigenvalue weighted by Crippen LogP contribution is -2.45. The maximum atomic E-state index is 13.4. The molecule has 0 aromatic heterocycles. The molecule has 230 valence electrons. The normalized spacial score (nSPS) is 12.6. The van der Waals surface area contributed by atoms with Gasteiger partial charge in [0.15, 0.2) is 11.5 Å². The molecule has 5 aromatic rings. The van der Waals surface area contributed by atoms with Crippen LogP contribution in [0.25, 0.3) is 0 Å². The standard InChI is InChI=1S/C36H33NO7S/c38-35(34(36(39)44-26-29-17-9-3-10-18-29)37-45(40,41)31-19-11-4-12-20-31)30-21-22-32(42-24-27-13-5-1-6-14-27)33(23-30)43-25-28-15-7-2-8-16-28/h1-23,34-35,37-38H,24-26H2. The minimum atomic E-state index is -4.21. The van der Waals surface area contributed by atoms with Crippen LogP contribution < -0.4 is 14.2 Å². The van der Waals surface area contributed by atoms with Gasteiger partial charge in [-0.25, -0.2) is 8.42 Å². The fourth-order valence-corrected chi connectivity index (χ4v) is 5.71. The van der Waals surface area contributed by atoms with Crippen molar-refractivity contribution in [3.63, 3.8) is 0 Å². The molecule has 9 heteroatoms. The van der Waals surface area contributed by atoms with Gasteiger partial charge in [0.2, 0.25) is 10.0 Å². The summed E-state index contributed by atoms with van der Waals surface area (Å²) in [6.45, 7) is 0.384. The number of sulfonamides is 1. The van der Waals surface area contributed by atoms with Crippen molar-refractivity contribution in [2.24, 2.45) is 0 Å². The van der Waals surface area contributed by atoms with Crippen LogP contribution in [0.1, 0.15) is 28.4 Å². The topological polar surface area (TPSA) is 111 Å². The minimum absolute atomic E-state index is 0.0606. The highest BCUT2D eigenvalue weighted by Crippen LogP contribution is 2.33. The molecule has 0 amide bonds. The molecule has 5 aromatic carbocycles. The number of carbonyl (C=O) groups is 1. The monoisotopic (exact) mass is 623 g/mol. The molecule has 45 heavy (non-hydrogen) atoms. The van der Waals surface area contributed by atoms with Crippen molar-refractivity contribution in [3.05, 3.63) is 162 Å². The number of hydrogen-bond acceptors (Lipinski definition) is 7. The van der Waals surface area contributed by atoms with Gasteiger partial charge in [0.05, 0.1) is 4.90 Å². The van der Waals surface area contributed by atoms with Gasteiger partial charge in [0.25, 0.3) is 0 Å². The zero-order valence-electron chi connectivity index (χ0n) is 24.4. The van der Waals surface area contributed by atoms with Crippen molar-refractivity contribution in [2.45, 2.75) is 36.9 Å². The van der Waals surface area contributed by atoms with Crippen LogP contribution in [0.4, 0.5) is 0 Å². The van der Waals surface area contributed by atoms with E-state index in [0.717, 1.165) is 11.1 Å². The van der Waals surface area contributed by atoms with Crippen LogP contribution in [0.2, 0.25) is 0 Å². The highest BCUT2D eigenvalue weighted by Gasteiger charge is 2.35.